The predicted molar refractivity (Wildman–Crippen MR) is 84.4 cm³/mol. The van der Waals surface area contributed by atoms with E-state index >= 15 is 0 Å². The van der Waals surface area contributed by atoms with Gasteiger partial charge in [0.2, 0.25) is 5.91 Å². The van der Waals surface area contributed by atoms with E-state index < -0.39 is 23.1 Å². The van der Waals surface area contributed by atoms with Crippen LogP contribution in [0.4, 0.5) is 0 Å². The third-order valence-corrected chi connectivity index (χ3v) is 4.73. The number of amides is 3. The second kappa shape index (κ2) is 6.70. The van der Waals surface area contributed by atoms with E-state index in [4.69, 9.17) is 4.74 Å². The number of carbonyl (C=O) groups is 3. The maximum absolute atomic E-state index is 12.2. The smallest absolute Gasteiger partial charge is 0.262 e. The van der Waals surface area contributed by atoms with Gasteiger partial charge in [0, 0.05) is 25.2 Å². The van der Waals surface area contributed by atoms with Crippen LogP contribution in [-0.4, -0.2) is 60.6 Å². The molecule has 1 aromatic rings. The molecule has 3 amide bonds. The second-order valence-electron chi connectivity index (χ2n) is 6.29. The molecule has 3 rings (SSSR count). The quantitative estimate of drug-likeness (QED) is 0.750. The lowest BCUT2D eigenvalue weighted by Crippen LogP contribution is -2.47. The fourth-order valence-electron chi connectivity index (χ4n) is 3.06. The first-order valence-electron chi connectivity index (χ1n) is 7.97. The number of fused-ring (bicyclic) bond motifs is 1. The van der Waals surface area contributed by atoms with Crippen LogP contribution >= 0.6 is 0 Å². The summed E-state index contributed by atoms with van der Waals surface area (Å²) in [5.74, 6) is -1.31. The van der Waals surface area contributed by atoms with Crippen LogP contribution in [0.2, 0.25) is 0 Å². The van der Waals surface area contributed by atoms with Crippen LogP contribution in [0.25, 0.3) is 0 Å². The third kappa shape index (κ3) is 3.05. The van der Waals surface area contributed by atoms with Crippen molar-refractivity contribution in [3.05, 3.63) is 35.4 Å². The van der Waals surface area contributed by atoms with E-state index in [0.29, 0.717) is 43.7 Å². The van der Waals surface area contributed by atoms with E-state index in [1.165, 1.54) is 0 Å². The van der Waals surface area contributed by atoms with Gasteiger partial charge in [0.1, 0.15) is 6.54 Å². The molecule has 0 bridgehead atoms. The lowest BCUT2D eigenvalue weighted by molar-refractivity contribution is -0.122. The first kappa shape index (κ1) is 16.6. The van der Waals surface area contributed by atoms with E-state index in [1.54, 1.807) is 24.3 Å². The Morgan fingerprint density at radius 3 is 2.29 bits per heavy atom. The molecule has 1 saturated heterocycles. The summed E-state index contributed by atoms with van der Waals surface area (Å²) in [5.41, 5.74) is 0.258. The summed E-state index contributed by atoms with van der Waals surface area (Å²) in [6.45, 7) is 1.05. The SMILES string of the molecule is O=C(CN1C(=O)c2ccccc2C1=O)NCC1(CO)CCOCC1. The molecule has 0 atom stereocenters. The normalized spacial score (nSPS) is 19.3. The minimum absolute atomic E-state index is 0.0380. The highest BCUT2D eigenvalue weighted by Crippen LogP contribution is 2.29. The molecule has 2 heterocycles. The monoisotopic (exact) mass is 332 g/mol. The molecule has 2 N–H and O–H groups in total. The highest BCUT2D eigenvalue weighted by atomic mass is 16.5. The molecule has 0 saturated carbocycles. The molecular weight excluding hydrogens is 312 g/mol. The Hall–Kier alpha value is -2.25. The molecule has 0 aliphatic carbocycles. The number of nitrogens with zero attached hydrogens (tertiary/aromatic N) is 1. The zero-order valence-electron chi connectivity index (χ0n) is 13.3. The summed E-state index contributed by atoms with van der Waals surface area (Å²) in [6, 6.07) is 6.53. The first-order valence-corrected chi connectivity index (χ1v) is 7.97. The van der Waals surface area contributed by atoms with Crippen molar-refractivity contribution in [3.63, 3.8) is 0 Å². The van der Waals surface area contributed by atoms with E-state index in [1.807, 2.05) is 0 Å². The summed E-state index contributed by atoms with van der Waals surface area (Å²) in [4.78, 5) is 37.6. The zero-order valence-corrected chi connectivity index (χ0v) is 13.3. The third-order valence-electron chi connectivity index (χ3n) is 4.73. The summed E-state index contributed by atoms with van der Waals surface area (Å²) >= 11 is 0. The number of aliphatic hydroxyl groups excluding tert-OH is 1. The van der Waals surface area contributed by atoms with Gasteiger partial charge in [-0.15, -0.1) is 0 Å². The molecule has 0 aromatic heterocycles. The first-order chi connectivity index (χ1) is 11.6. The minimum Gasteiger partial charge on any atom is -0.396 e. The number of hydrogen-bond acceptors (Lipinski definition) is 5. The van der Waals surface area contributed by atoms with Gasteiger partial charge in [-0.25, -0.2) is 0 Å². The van der Waals surface area contributed by atoms with Gasteiger partial charge in [0.25, 0.3) is 11.8 Å². The lowest BCUT2D eigenvalue weighted by Gasteiger charge is -2.35. The molecule has 7 nitrogen and oxygen atoms in total. The van der Waals surface area contributed by atoms with Crippen molar-refractivity contribution >= 4 is 17.7 Å². The zero-order chi connectivity index (χ0) is 17.2. The number of rotatable bonds is 5. The summed E-state index contributed by atoms with van der Waals surface area (Å²) < 4.78 is 5.28. The average molecular weight is 332 g/mol. The molecule has 0 radical (unpaired) electrons. The lowest BCUT2D eigenvalue weighted by atomic mass is 9.81. The van der Waals surface area contributed by atoms with Crippen LogP contribution in [-0.2, 0) is 9.53 Å². The maximum Gasteiger partial charge on any atom is 0.262 e. The molecule has 1 aromatic carbocycles. The van der Waals surface area contributed by atoms with E-state index in [-0.39, 0.29) is 13.2 Å². The molecule has 2 aliphatic heterocycles. The topological polar surface area (TPSA) is 95.9 Å². The van der Waals surface area contributed by atoms with Crippen molar-refractivity contribution in [2.45, 2.75) is 12.8 Å². The van der Waals surface area contributed by atoms with Gasteiger partial charge >= 0.3 is 0 Å². The number of nitrogens with one attached hydrogen (secondary N) is 1. The van der Waals surface area contributed by atoms with Gasteiger partial charge in [-0.1, -0.05) is 12.1 Å². The van der Waals surface area contributed by atoms with Crippen molar-refractivity contribution in [1.29, 1.82) is 0 Å². The number of ether oxygens (including phenoxy) is 1. The van der Waals surface area contributed by atoms with E-state index in [9.17, 15) is 19.5 Å². The number of benzene rings is 1. The Labute approximate surface area is 139 Å². The largest absolute Gasteiger partial charge is 0.396 e. The molecule has 2 aliphatic rings. The highest BCUT2D eigenvalue weighted by molar-refractivity contribution is 6.22. The van der Waals surface area contributed by atoms with Gasteiger partial charge in [0.05, 0.1) is 17.7 Å². The Morgan fingerprint density at radius 2 is 1.75 bits per heavy atom. The molecule has 24 heavy (non-hydrogen) atoms. The number of carbonyl (C=O) groups excluding carboxylic acids is 3. The van der Waals surface area contributed by atoms with Crippen LogP contribution in [0.5, 0.6) is 0 Å². The van der Waals surface area contributed by atoms with Crippen molar-refractivity contribution in [1.82, 2.24) is 10.2 Å². The van der Waals surface area contributed by atoms with Crippen molar-refractivity contribution < 1.29 is 24.2 Å². The van der Waals surface area contributed by atoms with Crippen LogP contribution in [0.15, 0.2) is 24.3 Å². The highest BCUT2D eigenvalue weighted by Gasteiger charge is 2.37. The van der Waals surface area contributed by atoms with Gasteiger partial charge in [0.15, 0.2) is 0 Å². The van der Waals surface area contributed by atoms with Gasteiger partial charge in [-0.3, -0.25) is 19.3 Å². The summed E-state index contributed by atoms with van der Waals surface area (Å²) in [6.07, 6.45) is 1.33. The average Bonchev–Trinajstić information content (AvgIpc) is 2.86. The standard InChI is InChI=1S/C17H20N2O5/c20-11-17(5-7-24-8-6-17)10-18-14(21)9-19-15(22)12-3-1-2-4-13(12)16(19)23/h1-4,20H,5-11H2,(H,18,21). The van der Waals surface area contributed by atoms with Crippen molar-refractivity contribution in [2.75, 3.05) is 32.9 Å². The Morgan fingerprint density at radius 1 is 1.17 bits per heavy atom. The molecule has 0 unspecified atom stereocenters. The maximum atomic E-state index is 12.2. The molecule has 128 valence electrons. The van der Waals surface area contributed by atoms with Gasteiger partial charge < -0.3 is 15.2 Å². The Bertz CT molecular complexity index is 632. The van der Waals surface area contributed by atoms with Crippen LogP contribution in [0, 0.1) is 5.41 Å². The number of aliphatic hydroxyl groups is 1. The molecule has 1 fully saturated rings. The summed E-state index contributed by atoms with van der Waals surface area (Å²) in [7, 11) is 0. The number of imide groups is 1. The molecule has 0 spiro atoms. The van der Waals surface area contributed by atoms with Crippen molar-refractivity contribution in [2.24, 2.45) is 5.41 Å². The fraction of sp³-hybridized carbons (Fsp3) is 0.471. The van der Waals surface area contributed by atoms with Crippen LogP contribution in [0.1, 0.15) is 33.6 Å². The number of hydrogen-bond donors (Lipinski definition) is 2. The second-order valence-corrected chi connectivity index (χ2v) is 6.29. The van der Waals surface area contributed by atoms with Gasteiger partial charge in [-0.05, 0) is 25.0 Å². The van der Waals surface area contributed by atoms with Gasteiger partial charge in [-0.2, -0.15) is 0 Å². The fourth-order valence-corrected chi connectivity index (χ4v) is 3.06. The molecular formula is C17H20N2O5. The Balaban J connectivity index is 1.60. The molecule has 7 heteroatoms. The summed E-state index contributed by atoms with van der Waals surface area (Å²) in [5, 5.41) is 12.4. The van der Waals surface area contributed by atoms with E-state index in [0.717, 1.165) is 4.90 Å². The van der Waals surface area contributed by atoms with E-state index in [2.05, 4.69) is 5.32 Å². The minimum atomic E-state index is -0.450. The van der Waals surface area contributed by atoms with Crippen molar-refractivity contribution in [3.8, 4) is 0 Å². The predicted octanol–water partition coefficient (Wildman–Crippen LogP) is 0.188. The van der Waals surface area contributed by atoms with Crippen LogP contribution < -0.4 is 5.32 Å². The van der Waals surface area contributed by atoms with Crippen LogP contribution in [0.3, 0.4) is 0 Å². The Kier molecular flexibility index (Phi) is 4.64.